The van der Waals surface area contributed by atoms with Gasteiger partial charge in [-0.25, -0.2) is 9.11 Å². The zero-order valence-corrected chi connectivity index (χ0v) is 20.6. The van der Waals surface area contributed by atoms with E-state index in [0.29, 0.717) is 0 Å². The Morgan fingerprint density at radius 3 is 2.61 bits per heavy atom. The van der Waals surface area contributed by atoms with Gasteiger partial charge in [0, 0.05) is 23.1 Å². The van der Waals surface area contributed by atoms with E-state index in [1.165, 1.54) is 13.1 Å². The Labute approximate surface area is 192 Å². The minimum absolute atomic E-state index is 0.0887. The molecule has 0 aromatic carbocycles. The van der Waals surface area contributed by atoms with Gasteiger partial charge >= 0.3 is 26.3 Å². The number of aromatic amines is 1. The molecule has 0 spiro atoms. The van der Waals surface area contributed by atoms with Gasteiger partial charge < -0.3 is 23.9 Å². The van der Waals surface area contributed by atoms with Crippen molar-refractivity contribution >= 4 is 44.9 Å². The number of azide groups is 1. The number of rotatable bonds is 9. The molecule has 2 unspecified atom stereocenters. The summed E-state index contributed by atoms with van der Waals surface area (Å²) < 4.78 is 65.5. The second-order valence-corrected chi connectivity index (χ2v) is 15.8. The van der Waals surface area contributed by atoms with Crippen LogP contribution in [0.3, 0.4) is 0 Å². The number of thiol groups is 1. The van der Waals surface area contributed by atoms with Gasteiger partial charge in [0.15, 0.2) is 0 Å². The molecule has 2 heterocycles. The van der Waals surface area contributed by atoms with E-state index in [1.807, 2.05) is 0 Å². The van der Waals surface area contributed by atoms with Crippen LogP contribution >= 0.6 is 33.1 Å². The Balaban J connectivity index is 2.19. The minimum Gasteiger partial charge on any atom is -0.352 e. The lowest BCUT2D eigenvalue weighted by atomic mass is 10.1. The van der Waals surface area contributed by atoms with Crippen molar-refractivity contribution in [3.63, 3.8) is 0 Å². The van der Waals surface area contributed by atoms with Crippen molar-refractivity contribution in [3.05, 3.63) is 43.0 Å². The third-order valence-corrected chi connectivity index (χ3v) is 11.2. The molecule has 0 amide bonds. The lowest BCUT2D eigenvalue weighted by Crippen LogP contribution is -2.33. The largest absolute Gasteiger partial charge is 0.444 e. The summed E-state index contributed by atoms with van der Waals surface area (Å²) in [5.41, 5.74) is 3.12. The quantitative estimate of drug-likeness (QED) is 0.0942. The van der Waals surface area contributed by atoms with E-state index in [-0.39, 0.29) is 12.0 Å². The van der Waals surface area contributed by atoms with Crippen LogP contribution < -0.4 is 11.2 Å². The van der Waals surface area contributed by atoms with E-state index in [1.54, 1.807) is 0 Å². The van der Waals surface area contributed by atoms with Gasteiger partial charge in [0.1, 0.15) is 6.23 Å². The van der Waals surface area contributed by atoms with Gasteiger partial charge in [-0.2, -0.15) is 8.78 Å². The average molecular weight is 573 g/mol. The first kappa shape index (κ1) is 28.3. The molecule has 0 bridgehead atoms. The molecule has 1 aromatic rings. The van der Waals surface area contributed by atoms with Crippen LogP contribution in [0.25, 0.3) is 10.4 Å². The molecule has 4 N–H and O–H groups in total. The number of hydrogen-bond donors (Lipinski definition) is 5. The van der Waals surface area contributed by atoms with Gasteiger partial charge in [0.2, 0.25) is 0 Å². The predicted molar refractivity (Wildman–Crippen MR) is 115 cm³/mol. The monoisotopic (exact) mass is 573 g/mol. The fourth-order valence-corrected chi connectivity index (χ4v) is 8.34. The summed E-state index contributed by atoms with van der Waals surface area (Å²) in [4.78, 5) is 54.9. The van der Waals surface area contributed by atoms with Gasteiger partial charge in [-0.05, 0) is 24.3 Å². The van der Waals surface area contributed by atoms with Gasteiger partial charge in [-0.15, -0.1) is 0 Å². The van der Waals surface area contributed by atoms with E-state index < -0.39 is 62.5 Å². The van der Waals surface area contributed by atoms with Gasteiger partial charge in [-0.3, -0.25) is 23.5 Å². The molecule has 15 nitrogen and oxygen atoms in total. The normalized spacial score (nSPS) is 25.1. The molecule has 1 fully saturated rings. The highest BCUT2D eigenvalue weighted by Gasteiger charge is 2.66. The predicted octanol–water partition coefficient (Wildman–Crippen LogP) is 1.91. The van der Waals surface area contributed by atoms with Crippen molar-refractivity contribution in [2.45, 2.75) is 37.1 Å². The van der Waals surface area contributed by atoms with Crippen LogP contribution in [0.5, 0.6) is 0 Å². The Morgan fingerprint density at radius 1 is 1.45 bits per heavy atom. The fourth-order valence-electron chi connectivity index (χ4n) is 2.57. The molecule has 1 aliphatic rings. The molecule has 22 heteroatoms. The van der Waals surface area contributed by atoms with Crippen molar-refractivity contribution in [3.8, 4) is 0 Å². The first-order chi connectivity index (χ1) is 14.9. The maximum absolute atomic E-state index is 13.6. The Hall–Kier alpha value is -0.930. The zero-order chi connectivity index (χ0) is 25.4. The molecule has 1 aromatic heterocycles. The molecular formula is C11H16F2N5O10P3S2. The van der Waals surface area contributed by atoms with Crippen molar-refractivity contribution in [2.24, 2.45) is 5.11 Å². The number of alkyl halides is 2. The Bertz CT molecular complexity index is 1230. The highest BCUT2D eigenvalue weighted by atomic mass is 32.9. The van der Waals surface area contributed by atoms with Crippen LogP contribution in [0.1, 0.15) is 18.2 Å². The molecule has 5 atom stereocenters. The SMILES string of the molecule is Cc1cn([C@H]2C[C@H](N=[N+]=[N-])[C@@H](COP(=S)(S)OP(=O)(O)C(F)(F)P(=O)(O)O)O2)c(=O)[nH]c1=O. The van der Waals surface area contributed by atoms with Crippen molar-refractivity contribution in [1.29, 1.82) is 0 Å². The summed E-state index contributed by atoms with van der Waals surface area (Å²) in [6.07, 6.45) is -1.13. The van der Waals surface area contributed by atoms with Gasteiger partial charge in [0.25, 0.3) is 11.3 Å². The number of aryl methyl sites for hydroxylation is 1. The van der Waals surface area contributed by atoms with E-state index >= 15 is 0 Å². The number of H-pyrrole nitrogens is 1. The molecule has 1 saturated heterocycles. The van der Waals surface area contributed by atoms with Crippen LogP contribution in [0, 0.1) is 6.92 Å². The molecule has 1 aliphatic heterocycles. The summed E-state index contributed by atoms with van der Waals surface area (Å²) in [5, 5.41) is -2.01. The molecule has 186 valence electrons. The number of nitrogens with zero attached hydrogens (tertiary/aromatic N) is 4. The second-order valence-electron chi connectivity index (χ2n) is 6.54. The molecule has 0 aliphatic carbocycles. The summed E-state index contributed by atoms with van der Waals surface area (Å²) in [7, 11) is -12.8. The number of hydrogen-bond acceptors (Lipinski definition) is 9. The molecule has 0 radical (unpaired) electrons. The maximum atomic E-state index is 13.6. The number of ether oxygens (including phenoxy) is 1. The van der Waals surface area contributed by atoms with Gasteiger partial charge in [-0.1, -0.05) is 17.4 Å². The maximum Gasteiger partial charge on any atom is 0.444 e. The van der Waals surface area contributed by atoms with E-state index in [9.17, 15) is 32.4 Å². The first-order valence-electron chi connectivity index (χ1n) is 8.38. The lowest BCUT2D eigenvalue weighted by Gasteiger charge is -2.26. The van der Waals surface area contributed by atoms with E-state index in [2.05, 4.69) is 43.4 Å². The minimum atomic E-state index is -6.42. The van der Waals surface area contributed by atoms with Crippen LogP contribution in [-0.2, 0) is 34.5 Å². The smallest absolute Gasteiger partial charge is 0.352 e. The molecule has 0 saturated carbocycles. The average Bonchev–Trinajstić information content (AvgIpc) is 3.04. The summed E-state index contributed by atoms with van der Waals surface area (Å²) in [6.45, 7) is 0.726. The third-order valence-electron chi connectivity index (χ3n) is 4.17. The van der Waals surface area contributed by atoms with E-state index in [4.69, 9.17) is 24.6 Å². The van der Waals surface area contributed by atoms with Crippen LogP contribution in [0.2, 0.25) is 0 Å². The molecule has 33 heavy (non-hydrogen) atoms. The number of nitrogens with one attached hydrogen (secondary N) is 1. The zero-order valence-electron chi connectivity index (χ0n) is 16.2. The molecule has 2 rings (SSSR count). The highest BCUT2D eigenvalue weighted by Crippen LogP contribution is 2.79. The lowest BCUT2D eigenvalue weighted by molar-refractivity contribution is -0.0217. The van der Waals surface area contributed by atoms with Crippen LogP contribution in [0.15, 0.2) is 20.9 Å². The summed E-state index contributed by atoms with van der Waals surface area (Å²) in [6, 6.07) is -1.00. The number of halogens is 2. The van der Waals surface area contributed by atoms with Crippen LogP contribution in [-0.4, -0.2) is 48.4 Å². The van der Waals surface area contributed by atoms with Crippen molar-refractivity contribution in [1.82, 2.24) is 9.55 Å². The topological polar surface area (TPSA) is 226 Å². The highest BCUT2D eigenvalue weighted by molar-refractivity contribution is 8.60. The standard InChI is InChI=1S/C11H16F2N5O10P3S2/c1-5-3-18(10(20)15-9(5)19)8-2-6(16-17-14)7(27-8)4-26-31(32,33)28-30(24,25)11(12,13)29(21,22)23/h3,6-8H,2,4H2,1H3,(H,24,25)(H,32,33)(H,15,19,20)(H2,21,22,23)/t6-,7+,8+/m0/s1. The fraction of sp³-hybridized carbons (Fsp3) is 0.636. The second kappa shape index (κ2) is 9.97. The summed E-state index contributed by atoms with van der Waals surface area (Å²) >= 11 is 8.26. The number of aromatic nitrogens is 2. The first-order valence-corrected chi connectivity index (χ1v) is 15.4. The van der Waals surface area contributed by atoms with Gasteiger partial charge in [0.05, 0.1) is 18.8 Å². The Morgan fingerprint density at radius 2 is 2.06 bits per heavy atom. The Kier molecular flexibility index (Phi) is 8.56. The van der Waals surface area contributed by atoms with Crippen molar-refractivity contribution < 1.29 is 46.2 Å². The van der Waals surface area contributed by atoms with Crippen molar-refractivity contribution in [2.75, 3.05) is 6.61 Å². The molecular weight excluding hydrogens is 557 g/mol. The van der Waals surface area contributed by atoms with E-state index in [0.717, 1.165) is 4.57 Å². The summed E-state index contributed by atoms with van der Waals surface area (Å²) in [5.74, 6) is 0. The van der Waals surface area contributed by atoms with Crippen LogP contribution in [0.4, 0.5) is 8.78 Å². The third kappa shape index (κ3) is 6.40.